The highest BCUT2D eigenvalue weighted by Crippen LogP contribution is 2.43. The Morgan fingerprint density at radius 1 is 1.47 bits per heavy atom. The van der Waals surface area contributed by atoms with Crippen LogP contribution in [0.15, 0.2) is 15.7 Å². The number of thioether (sulfide) groups is 1. The Bertz CT molecular complexity index is 429. The summed E-state index contributed by atoms with van der Waals surface area (Å²) >= 11 is 3.81. The molecular formula is C14H21NO2S2. The second-order valence-electron chi connectivity index (χ2n) is 5.60. The average molecular weight is 299 g/mol. The van der Waals surface area contributed by atoms with Crippen LogP contribution in [0, 0.1) is 0 Å². The van der Waals surface area contributed by atoms with E-state index in [0.29, 0.717) is 31.1 Å². The first-order valence-corrected chi connectivity index (χ1v) is 8.70. The van der Waals surface area contributed by atoms with Crippen molar-refractivity contribution in [3.05, 3.63) is 17.0 Å². The number of ether oxygens (including phenoxy) is 1. The first-order valence-electron chi connectivity index (χ1n) is 6.94. The Balaban J connectivity index is 1.64. The summed E-state index contributed by atoms with van der Waals surface area (Å²) in [5.41, 5.74) is 0.839. The normalized spacial score (nSPS) is 30.0. The standard InChI is InChI=1S/C14H21NO2S2/c1-10-8-12(11-2-7-18-13(11)19-10)15-9-14(16)3-5-17-6-4-14/h2,7,10,12,15-16H,3-6,8-9H2,1H3/t10-,12?/m0/s1. The third-order valence-electron chi connectivity index (χ3n) is 4.01. The lowest BCUT2D eigenvalue weighted by atomic mass is 9.93. The van der Waals surface area contributed by atoms with Gasteiger partial charge in [-0.1, -0.05) is 6.92 Å². The van der Waals surface area contributed by atoms with E-state index in [9.17, 15) is 5.11 Å². The molecule has 2 N–H and O–H groups in total. The molecule has 2 atom stereocenters. The molecule has 1 saturated heterocycles. The lowest BCUT2D eigenvalue weighted by molar-refractivity contribution is -0.0629. The van der Waals surface area contributed by atoms with E-state index in [1.165, 1.54) is 9.77 Å². The molecule has 2 aliphatic rings. The van der Waals surface area contributed by atoms with Crippen LogP contribution in [0.5, 0.6) is 0 Å². The topological polar surface area (TPSA) is 41.5 Å². The van der Waals surface area contributed by atoms with Gasteiger partial charge in [0.1, 0.15) is 0 Å². The number of aliphatic hydroxyl groups is 1. The molecule has 0 bridgehead atoms. The first-order chi connectivity index (χ1) is 9.16. The summed E-state index contributed by atoms with van der Waals surface area (Å²) in [6, 6.07) is 2.62. The number of fused-ring (bicyclic) bond motifs is 1. The predicted octanol–water partition coefficient (Wildman–Crippen LogP) is 2.80. The van der Waals surface area contributed by atoms with E-state index in [0.717, 1.165) is 19.3 Å². The molecule has 3 nitrogen and oxygen atoms in total. The maximum absolute atomic E-state index is 10.5. The molecular weight excluding hydrogens is 278 g/mol. The zero-order valence-electron chi connectivity index (χ0n) is 11.2. The van der Waals surface area contributed by atoms with Crippen molar-refractivity contribution in [2.24, 2.45) is 0 Å². The van der Waals surface area contributed by atoms with Crippen LogP contribution >= 0.6 is 23.1 Å². The second kappa shape index (κ2) is 5.74. The van der Waals surface area contributed by atoms with E-state index >= 15 is 0 Å². The maximum Gasteiger partial charge on any atom is 0.0815 e. The SMILES string of the molecule is C[C@H]1CC(NCC2(O)CCOCC2)c2ccsc2S1. The second-order valence-corrected chi connectivity index (χ2v) is 8.22. The zero-order chi connectivity index (χ0) is 13.3. The molecule has 3 heterocycles. The van der Waals surface area contributed by atoms with Crippen molar-refractivity contribution in [2.75, 3.05) is 19.8 Å². The van der Waals surface area contributed by atoms with Gasteiger partial charge < -0.3 is 15.2 Å². The highest BCUT2D eigenvalue weighted by molar-refractivity contribution is 8.01. The summed E-state index contributed by atoms with van der Waals surface area (Å²) in [6.07, 6.45) is 2.63. The van der Waals surface area contributed by atoms with E-state index in [1.807, 2.05) is 23.1 Å². The zero-order valence-corrected chi connectivity index (χ0v) is 12.9. The van der Waals surface area contributed by atoms with Crippen LogP contribution in [0.2, 0.25) is 0 Å². The van der Waals surface area contributed by atoms with Crippen molar-refractivity contribution in [1.29, 1.82) is 0 Å². The van der Waals surface area contributed by atoms with Crippen LogP contribution in [-0.2, 0) is 4.74 Å². The summed E-state index contributed by atoms with van der Waals surface area (Å²) < 4.78 is 6.77. The molecule has 1 fully saturated rings. The summed E-state index contributed by atoms with van der Waals surface area (Å²) in [7, 11) is 0. The molecule has 0 radical (unpaired) electrons. The van der Waals surface area contributed by atoms with Gasteiger partial charge in [0.05, 0.1) is 9.81 Å². The lowest BCUT2D eigenvalue weighted by Crippen LogP contribution is -2.46. The molecule has 106 valence electrons. The van der Waals surface area contributed by atoms with Gasteiger partial charge in [0, 0.05) is 43.9 Å². The van der Waals surface area contributed by atoms with E-state index in [2.05, 4.69) is 23.7 Å². The number of thiophene rings is 1. The fourth-order valence-electron chi connectivity index (χ4n) is 2.78. The largest absolute Gasteiger partial charge is 0.388 e. The molecule has 0 saturated carbocycles. The number of rotatable bonds is 3. The highest BCUT2D eigenvalue weighted by Gasteiger charge is 2.32. The monoisotopic (exact) mass is 299 g/mol. The lowest BCUT2D eigenvalue weighted by Gasteiger charge is -2.35. The summed E-state index contributed by atoms with van der Waals surface area (Å²) in [5.74, 6) is 0. The third-order valence-corrected chi connectivity index (χ3v) is 6.35. The Hall–Kier alpha value is -0.0700. The minimum Gasteiger partial charge on any atom is -0.388 e. The molecule has 0 spiro atoms. The van der Waals surface area contributed by atoms with Crippen LogP contribution in [-0.4, -0.2) is 35.7 Å². The van der Waals surface area contributed by atoms with Crippen molar-refractivity contribution >= 4 is 23.1 Å². The Labute approximate surface area is 122 Å². The van der Waals surface area contributed by atoms with Gasteiger partial charge in [-0.3, -0.25) is 0 Å². The molecule has 0 amide bonds. The van der Waals surface area contributed by atoms with Gasteiger partial charge in [-0.15, -0.1) is 23.1 Å². The fraction of sp³-hybridized carbons (Fsp3) is 0.714. The molecule has 5 heteroatoms. The molecule has 2 aliphatic heterocycles. The van der Waals surface area contributed by atoms with Crippen molar-refractivity contribution in [3.8, 4) is 0 Å². The fourth-order valence-corrected chi connectivity index (χ4v) is 5.35. The minimum atomic E-state index is -0.581. The quantitative estimate of drug-likeness (QED) is 0.900. The van der Waals surface area contributed by atoms with E-state index < -0.39 is 5.60 Å². The smallest absolute Gasteiger partial charge is 0.0815 e. The summed E-state index contributed by atoms with van der Waals surface area (Å²) in [4.78, 5) is 0. The van der Waals surface area contributed by atoms with Gasteiger partial charge in [-0.2, -0.15) is 0 Å². The van der Waals surface area contributed by atoms with Gasteiger partial charge in [-0.05, 0) is 23.4 Å². The van der Waals surface area contributed by atoms with Crippen LogP contribution in [0.3, 0.4) is 0 Å². The number of hydrogen-bond acceptors (Lipinski definition) is 5. The molecule has 0 aromatic carbocycles. The number of nitrogens with one attached hydrogen (secondary N) is 1. The molecule has 19 heavy (non-hydrogen) atoms. The van der Waals surface area contributed by atoms with Gasteiger partial charge in [0.25, 0.3) is 0 Å². The number of hydrogen-bond donors (Lipinski definition) is 2. The van der Waals surface area contributed by atoms with Gasteiger partial charge in [0.15, 0.2) is 0 Å². The molecule has 1 aromatic rings. The Kier molecular flexibility index (Phi) is 4.19. The Morgan fingerprint density at radius 3 is 3.05 bits per heavy atom. The van der Waals surface area contributed by atoms with Crippen LogP contribution in [0.25, 0.3) is 0 Å². The molecule has 0 aliphatic carbocycles. The van der Waals surface area contributed by atoms with Crippen molar-refractivity contribution < 1.29 is 9.84 Å². The van der Waals surface area contributed by atoms with Crippen molar-refractivity contribution in [3.63, 3.8) is 0 Å². The molecule has 1 unspecified atom stereocenters. The van der Waals surface area contributed by atoms with Gasteiger partial charge >= 0.3 is 0 Å². The van der Waals surface area contributed by atoms with E-state index in [4.69, 9.17) is 4.74 Å². The van der Waals surface area contributed by atoms with E-state index in [-0.39, 0.29) is 0 Å². The van der Waals surface area contributed by atoms with Crippen LogP contribution in [0.4, 0.5) is 0 Å². The van der Waals surface area contributed by atoms with Crippen molar-refractivity contribution in [2.45, 2.75) is 47.3 Å². The minimum absolute atomic E-state index is 0.393. The van der Waals surface area contributed by atoms with Crippen molar-refractivity contribution in [1.82, 2.24) is 5.32 Å². The molecule has 3 rings (SSSR count). The summed E-state index contributed by atoms with van der Waals surface area (Å²) in [5, 5.41) is 16.9. The molecule has 1 aromatic heterocycles. The highest BCUT2D eigenvalue weighted by atomic mass is 32.2. The predicted molar refractivity (Wildman–Crippen MR) is 80.0 cm³/mol. The van der Waals surface area contributed by atoms with Crippen LogP contribution < -0.4 is 5.32 Å². The van der Waals surface area contributed by atoms with Gasteiger partial charge in [-0.25, -0.2) is 0 Å². The Morgan fingerprint density at radius 2 is 2.26 bits per heavy atom. The maximum atomic E-state index is 10.5. The first kappa shape index (κ1) is 13.9. The average Bonchev–Trinajstić information content (AvgIpc) is 2.85. The van der Waals surface area contributed by atoms with Crippen LogP contribution in [0.1, 0.15) is 37.8 Å². The van der Waals surface area contributed by atoms with E-state index in [1.54, 1.807) is 0 Å². The van der Waals surface area contributed by atoms with Gasteiger partial charge in [0.2, 0.25) is 0 Å². The third kappa shape index (κ3) is 3.16. The summed E-state index contributed by atoms with van der Waals surface area (Å²) in [6.45, 7) is 4.32.